The van der Waals surface area contributed by atoms with Crippen molar-refractivity contribution in [2.75, 3.05) is 0 Å². The van der Waals surface area contributed by atoms with E-state index >= 15 is 0 Å². The number of phenolic OH excluding ortho intramolecular Hbond substituents is 1. The van der Waals surface area contributed by atoms with Gasteiger partial charge in [0.2, 0.25) is 5.91 Å². The minimum Gasteiger partial charge on any atom is -0.507 e. The third-order valence-electron chi connectivity index (χ3n) is 7.23. The van der Waals surface area contributed by atoms with Crippen LogP contribution in [0.4, 0.5) is 13.2 Å². The van der Waals surface area contributed by atoms with Crippen LogP contribution >= 0.6 is 0 Å². The molecule has 1 aliphatic heterocycles. The van der Waals surface area contributed by atoms with Crippen molar-refractivity contribution in [3.8, 4) is 5.75 Å². The molecule has 12 heteroatoms. The number of ether oxygens (including phenoxy) is 1. The standard InChI is InChI=1S/C30H36F3N3O6/c1-14(2)12-22-29(40)34-17(5)27(36-28(39)19-8-6-7-9-21(19)37)30(41)35-18(10-11-23(38)42-22)13-20-15(3)24(31)16(4)25(32)26(20)33/h6-9,14,17-18,22,27,37H,10-13H2,1-5H3,(H,34,40)(H,35,41)(H,36,39)/t17-,18-,22?,27+/m1/s1. The fourth-order valence-corrected chi connectivity index (χ4v) is 4.83. The number of carbonyl (C=O) groups excluding carboxylic acids is 4. The molecular weight excluding hydrogens is 555 g/mol. The first-order valence-corrected chi connectivity index (χ1v) is 13.7. The number of hydrogen-bond donors (Lipinski definition) is 4. The second-order valence-corrected chi connectivity index (χ2v) is 11.0. The van der Waals surface area contributed by atoms with Crippen LogP contribution in [0.1, 0.15) is 67.1 Å². The van der Waals surface area contributed by atoms with E-state index in [4.69, 9.17) is 4.74 Å². The number of amides is 3. The number of halogens is 3. The van der Waals surface area contributed by atoms with E-state index in [0.29, 0.717) is 0 Å². The van der Waals surface area contributed by atoms with Crippen molar-refractivity contribution in [3.05, 3.63) is 64.0 Å². The summed E-state index contributed by atoms with van der Waals surface area (Å²) in [6, 6.07) is 2.18. The van der Waals surface area contributed by atoms with Crippen LogP contribution < -0.4 is 16.0 Å². The van der Waals surface area contributed by atoms with Crippen molar-refractivity contribution >= 4 is 23.7 Å². The van der Waals surface area contributed by atoms with Crippen molar-refractivity contribution in [2.45, 2.75) is 84.5 Å². The SMILES string of the molecule is Cc1c(F)c(C)c(C[C@H]2CCC(=O)OC(CC(C)C)C(=O)N[C@H](C)[C@H](NC(=O)c3ccccc3O)C(=O)N2)c(F)c1F. The van der Waals surface area contributed by atoms with Crippen LogP contribution in [-0.4, -0.2) is 53.0 Å². The zero-order valence-corrected chi connectivity index (χ0v) is 24.1. The average Bonchev–Trinajstić information content (AvgIpc) is 2.93. The van der Waals surface area contributed by atoms with Gasteiger partial charge in [0.15, 0.2) is 17.7 Å². The normalized spacial score (nSPS) is 22.0. The lowest BCUT2D eigenvalue weighted by Crippen LogP contribution is -2.60. The number of rotatable bonds is 6. The quantitative estimate of drug-likeness (QED) is 0.300. The van der Waals surface area contributed by atoms with Gasteiger partial charge in [-0.05, 0) is 69.2 Å². The molecule has 1 heterocycles. The molecule has 0 spiro atoms. The van der Waals surface area contributed by atoms with Crippen LogP contribution in [-0.2, 0) is 25.5 Å². The van der Waals surface area contributed by atoms with Crippen molar-refractivity contribution in [2.24, 2.45) is 5.92 Å². The monoisotopic (exact) mass is 591 g/mol. The third kappa shape index (κ3) is 7.59. The lowest BCUT2D eigenvalue weighted by atomic mass is 9.94. The van der Waals surface area contributed by atoms with Gasteiger partial charge in [0.25, 0.3) is 11.8 Å². The Bertz CT molecular complexity index is 1340. The van der Waals surface area contributed by atoms with Gasteiger partial charge in [-0.3, -0.25) is 19.2 Å². The summed E-state index contributed by atoms with van der Waals surface area (Å²) in [7, 11) is 0. The molecule has 0 aliphatic carbocycles. The average molecular weight is 592 g/mol. The van der Waals surface area contributed by atoms with Crippen molar-refractivity contribution in [1.82, 2.24) is 16.0 Å². The van der Waals surface area contributed by atoms with Gasteiger partial charge in [-0.1, -0.05) is 26.0 Å². The number of phenols is 1. The van der Waals surface area contributed by atoms with Crippen LogP contribution in [0.25, 0.3) is 0 Å². The summed E-state index contributed by atoms with van der Waals surface area (Å²) < 4.78 is 49.5. The van der Waals surface area contributed by atoms with Gasteiger partial charge < -0.3 is 25.8 Å². The summed E-state index contributed by atoms with van der Waals surface area (Å²) in [5.41, 5.74) is -1.05. The number of hydrogen-bond acceptors (Lipinski definition) is 6. The van der Waals surface area contributed by atoms with E-state index in [1.165, 1.54) is 38.1 Å². The van der Waals surface area contributed by atoms with Gasteiger partial charge in [-0.25, -0.2) is 13.2 Å². The second kappa shape index (κ2) is 13.7. The molecule has 0 radical (unpaired) electrons. The molecule has 3 rings (SSSR count). The molecule has 0 bridgehead atoms. The first-order chi connectivity index (χ1) is 19.7. The van der Waals surface area contributed by atoms with E-state index in [0.717, 1.165) is 6.92 Å². The molecule has 9 nitrogen and oxygen atoms in total. The maximum Gasteiger partial charge on any atom is 0.306 e. The Morgan fingerprint density at radius 1 is 1.02 bits per heavy atom. The van der Waals surface area contributed by atoms with Gasteiger partial charge in [0.05, 0.1) is 11.6 Å². The molecule has 1 aliphatic rings. The topological polar surface area (TPSA) is 134 Å². The largest absolute Gasteiger partial charge is 0.507 e. The lowest BCUT2D eigenvalue weighted by molar-refractivity contribution is -0.157. The molecule has 4 atom stereocenters. The highest BCUT2D eigenvalue weighted by molar-refractivity contribution is 6.00. The van der Waals surface area contributed by atoms with Gasteiger partial charge in [0, 0.05) is 18.0 Å². The number of cyclic esters (lactones) is 1. The van der Waals surface area contributed by atoms with Crippen LogP contribution in [0.5, 0.6) is 5.75 Å². The molecule has 2 aromatic rings. The lowest BCUT2D eigenvalue weighted by Gasteiger charge is -2.30. The van der Waals surface area contributed by atoms with Crippen LogP contribution in [0.3, 0.4) is 0 Å². The number of benzene rings is 2. The highest BCUT2D eigenvalue weighted by Crippen LogP contribution is 2.26. The second-order valence-electron chi connectivity index (χ2n) is 11.0. The van der Waals surface area contributed by atoms with E-state index < -0.39 is 70.9 Å². The Kier molecular flexibility index (Phi) is 10.6. The van der Waals surface area contributed by atoms with Crippen LogP contribution in [0.2, 0.25) is 0 Å². The minimum atomic E-state index is -1.41. The Hall–Kier alpha value is -4.09. The van der Waals surface area contributed by atoms with Gasteiger partial charge in [-0.15, -0.1) is 0 Å². The Morgan fingerprint density at radius 3 is 2.33 bits per heavy atom. The summed E-state index contributed by atoms with van der Waals surface area (Å²) in [6.07, 6.45) is -1.79. The van der Waals surface area contributed by atoms with E-state index in [1.807, 2.05) is 13.8 Å². The Balaban J connectivity index is 2.00. The minimum absolute atomic E-state index is 0.0401. The van der Waals surface area contributed by atoms with Gasteiger partial charge in [-0.2, -0.15) is 0 Å². The number of aromatic hydroxyl groups is 1. The van der Waals surface area contributed by atoms with Gasteiger partial charge in [0.1, 0.15) is 17.6 Å². The fraction of sp³-hybridized carbons (Fsp3) is 0.467. The molecule has 1 unspecified atom stereocenters. The molecule has 1 fully saturated rings. The maximum atomic E-state index is 15.0. The predicted octanol–water partition coefficient (Wildman–Crippen LogP) is 3.51. The first kappa shape index (κ1) is 32.4. The summed E-state index contributed by atoms with van der Waals surface area (Å²) in [6.45, 7) is 7.51. The Morgan fingerprint density at radius 2 is 1.69 bits per heavy atom. The fourth-order valence-electron chi connectivity index (χ4n) is 4.83. The zero-order valence-electron chi connectivity index (χ0n) is 24.1. The van der Waals surface area contributed by atoms with Crippen molar-refractivity contribution in [3.63, 3.8) is 0 Å². The van der Waals surface area contributed by atoms with Crippen LogP contribution in [0, 0.1) is 37.2 Å². The Labute approximate surface area is 242 Å². The molecule has 2 aromatic carbocycles. The summed E-state index contributed by atoms with van der Waals surface area (Å²) in [5, 5.41) is 17.9. The van der Waals surface area contributed by atoms with Gasteiger partial charge >= 0.3 is 5.97 Å². The number of para-hydroxylation sites is 1. The molecular formula is C30H36F3N3O6. The van der Waals surface area contributed by atoms with Crippen molar-refractivity contribution in [1.29, 1.82) is 0 Å². The highest BCUT2D eigenvalue weighted by atomic mass is 19.2. The third-order valence-corrected chi connectivity index (χ3v) is 7.23. The molecule has 1 saturated heterocycles. The number of carbonyl (C=O) groups is 4. The van der Waals surface area contributed by atoms with Crippen LogP contribution in [0.15, 0.2) is 24.3 Å². The molecule has 0 aromatic heterocycles. The molecule has 228 valence electrons. The zero-order chi connectivity index (χ0) is 31.3. The molecule has 42 heavy (non-hydrogen) atoms. The van der Waals surface area contributed by atoms with E-state index in [-0.39, 0.29) is 54.0 Å². The van der Waals surface area contributed by atoms with E-state index in [2.05, 4.69) is 16.0 Å². The van der Waals surface area contributed by atoms with E-state index in [1.54, 1.807) is 0 Å². The maximum absolute atomic E-state index is 15.0. The van der Waals surface area contributed by atoms with Crippen molar-refractivity contribution < 1.29 is 42.2 Å². The predicted molar refractivity (Wildman–Crippen MR) is 147 cm³/mol. The molecule has 4 N–H and O–H groups in total. The summed E-state index contributed by atoms with van der Waals surface area (Å²) in [5.74, 6) is -6.96. The molecule has 3 amide bonds. The first-order valence-electron chi connectivity index (χ1n) is 13.7. The summed E-state index contributed by atoms with van der Waals surface area (Å²) >= 11 is 0. The number of nitrogens with one attached hydrogen (secondary N) is 3. The highest BCUT2D eigenvalue weighted by Gasteiger charge is 2.35. The smallest absolute Gasteiger partial charge is 0.306 e. The number of esters is 1. The van der Waals surface area contributed by atoms with E-state index in [9.17, 15) is 37.5 Å². The molecule has 0 saturated carbocycles. The summed E-state index contributed by atoms with van der Waals surface area (Å²) in [4.78, 5) is 52.4.